The summed E-state index contributed by atoms with van der Waals surface area (Å²) in [6.07, 6.45) is 3.96. The molecule has 2 heterocycles. The van der Waals surface area contributed by atoms with Crippen LogP contribution >= 0.6 is 23.2 Å². The molecule has 1 amide bonds. The summed E-state index contributed by atoms with van der Waals surface area (Å²) in [4.78, 5) is 34.5. The first-order valence-electron chi connectivity index (χ1n) is 7.63. The predicted octanol–water partition coefficient (Wildman–Crippen LogP) is 3.59. The van der Waals surface area contributed by atoms with Crippen molar-refractivity contribution in [2.24, 2.45) is 0 Å². The van der Waals surface area contributed by atoms with Crippen LogP contribution in [-0.4, -0.2) is 25.8 Å². The molecule has 0 aliphatic rings. The van der Waals surface area contributed by atoms with Gasteiger partial charge in [0.15, 0.2) is 0 Å². The smallest absolute Gasteiger partial charge is 0.333 e. The van der Waals surface area contributed by atoms with Crippen molar-refractivity contribution < 1.29 is 9.72 Å². The molecule has 12 heteroatoms. The molecule has 3 rings (SSSR count). The van der Waals surface area contributed by atoms with Crippen LogP contribution in [0.4, 0.5) is 23.0 Å². The van der Waals surface area contributed by atoms with Gasteiger partial charge in [0, 0.05) is 17.4 Å². The molecule has 0 radical (unpaired) electrons. The number of carbonyl (C=O) groups is 1. The second-order valence-electron chi connectivity index (χ2n) is 5.25. The quantitative estimate of drug-likeness (QED) is 0.407. The highest BCUT2D eigenvalue weighted by Gasteiger charge is 2.24. The number of amides is 1. The summed E-state index contributed by atoms with van der Waals surface area (Å²) in [5.74, 6) is -0.886. The van der Waals surface area contributed by atoms with Crippen molar-refractivity contribution in [3.8, 4) is 0 Å². The molecule has 0 unspecified atom stereocenters. The SMILES string of the molecule is O=C(NNc1ncnc(Nc2ccc(Cl)cc2Cl)c1[N+](=O)[O-])c1cccnc1. The van der Waals surface area contributed by atoms with Crippen LogP contribution in [0.15, 0.2) is 49.1 Å². The van der Waals surface area contributed by atoms with Gasteiger partial charge in [-0.2, -0.15) is 0 Å². The Balaban J connectivity index is 1.85. The number of rotatable bonds is 6. The average molecular weight is 420 g/mol. The number of anilines is 3. The molecule has 1 aromatic carbocycles. The number of nitrogens with one attached hydrogen (secondary N) is 3. The van der Waals surface area contributed by atoms with E-state index in [4.69, 9.17) is 23.2 Å². The van der Waals surface area contributed by atoms with Gasteiger partial charge in [-0.3, -0.25) is 30.7 Å². The minimum absolute atomic E-state index is 0.123. The molecule has 0 saturated carbocycles. The average Bonchev–Trinajstić information content (AvgIpc) is 2.68. The number of aromatic nitrogens is 3. The van der Waals surface area contributed by atoms with Crippen molar-refractivity contribution in [2.75, 3.05) is 10.7 Å². The van der Waals surface area contributed by atoms with E-state index >= 15 is 0 Å². The van der Waals surface area contributed by atoms with Gasteiger partial charge in [0.2, 0.25) is 11.6 Å². The van der Waals surface area contributed by atoms with Crippen LogP contribution in [0.5, 0.6) is 0 Å². The highest BCUT2D eigenvalue weighted by Crippen LogP contribution is 2.34. The molecule has 10 nitrogen and oxygen atoms in total. The van der Waals surface area contributed by atoms with Crippen molar-refractivity contribution in [1.29, 1.82) is 0 Å². The van der Waals surface area contributed by atoms with E-state index in [1.54, 1.807) is 18.2 Å². The maximum Gasteiger partial charge on any atom is 0.355 e. The largest absolute Gasteiger partial charge is 0.355 e. The van der Waals surface area contributed by atoms with Gasteiger partial charge in [-0.25, -0.2) is 9.97 Å². The summed E-state index contributed by atoms with van der Waals surface area (Å²) in [5.41, 5.74) is 4.89. The number of nitrogens with zero attached hydrogens (tertiary/aromatic N) is 4. The molecule has 28 heavy (non-hydrogen) atoms. The third-order valence-electron chi connectivity index (χ3n) is 3.41. The Hall–Kier alpha value is -3.50. The number of pyridine rings is 1. The fourth-order valence-electron chi connectivity index (χ4n) is 2.14. The number of hydrogen-bond donors (Lipinski definition) is 3. The molecule has 3 aromatic rings. The Morgan fingerprint density at radius 2 is 1.93 bits per heavy atom. The number of nitro groups is 1. The van der Waals surface area contributed by atoms with Crippen molar-refractivity contribution in [3.63, 3.8) is 0 Å². The molecule has 0 aliphatic heterocycles. The predicted molar refractivity (Wildman–Crippen MR) is 104 cm³/mol. The maximum atomic E-state index is 12.1. The molecular weight excluding hydrogens is 409 g/mol. The molecule has 0 spiro atoms. The lowest BCUT2D eigenvalue weighted by atomic mass is 10.3. The van der Waals surface area contributed by atoms with Gasteiger partial charge < -0.3 is 5.32 Å². The van der Waals surface area contributed by atoms with Crippen LogP contribution < -0.4 is 16.2 Å². The molecule has 0 fully saturated rings. The van der Waals surface area contributed by atoms with Gasteiger partial charge in [0.05, 0.1) is 21.2 Å². The molecule has 0 bridgehead atoms. The van der Waals surface area contributed by atoms with Crippen LogP contribution in [0.25, 0.3) is 0 Å². The third kappa shape index (κ3) is 4.42. The number of carbonyl (C=O) groups excluding carboxylic acids is 1. The van der Waals surface area contributed by atoms with Crippen LogP contribution in [0, 0.1) is 10.1 Å². The third-order valence-corrected chi connectivity index (χ3v) is 3.96. The van der Waals surface area contributed by atoms with Crippen LogP contribution in [0.1, 0.15) is 10.4 Å². The van der Waals surface area contributed by atoms with Crippen LogP contribution in [0.2, 0.25) is 10.0 Å². The first-order valence-corrected chi connectivity index (χ1v) is 8.39. The number of halogens is 2. The summed E-state index contributed by atoms with van der Waals surface area (Å²) in [5, 5.41) is 15.0. The van der Waals surface area contributed by atoms with Gasteiger partial charge in [-0.05, 0) is 30.3 Å². The Labute approximate surface area is 168 Å². The van der Waals surface area contributed by atoms with E-state index in [1.165, 1.54) is 24.5 Å². The van der Waals surface area contributed by atoms with Gasteiger partial charge in [-0.15, -0.1) is 0 Å². The Bertz CT molecular complexity index is 1030. The van der Waals surface area contributed by atoms with Crippen molar-refractivity contribution >= 4 is 52.1 Å². The molecule has 142 valence electrons. The minimum atomic E-state index is -0.690. The summed E-state index contributed by atoms with van der Waals surface area (Å²) in [7, 11) is 0. The van der Waals surface area contributed by atoms with E-state index in [2.05, 4.69) is 31.1 Å². The first kappa shape index (κ1) is 19.3. The summed E-state index contributed by atoms with van der Waals surface area (Å²) in [6, 6.07) is 7.71. The van der Waals surface area contributed by atoms with Gasteiger partial charge in [0.1, 0.15) is 6.33 Å². The summed E-state index contributed by atoms with van der Waals surface area (Å²) in [6.45, 7) is 0. The number of hydrazine groups is 1. The highest BCUT2D eigenvalue weighted by atomic mass is 35.5. The Kier molecular flexibility index (Phi) is 5.82. The van der Waals surface area contributed by atoms with E-state index in [0.717, 1.165) is 6.33 Å². The summed E-state index contributed by atoms with van der Waals surface area (Å²) >= 11 is 11.9. The van der Waals surface area contributed by atoms with Crippen molar-refractivity contribution in [3.05, 3.63) is 74.8 Å². The number of benzene rings is 1. The lowest BCUT2D eigenvalue weighted by molar-refractivity contribution is -0.383. The first-order chi connectivity index (χ1) is 13.5. The highest BCUT2D eigenvalue weighted by molar-refractivity contribution is 6.36. The van der Waals surface area contributed by atoms with Crippen LogP contribution in [0.3, 0.4) is 0 Å². The molecule has 0 atom stereocenters. The maximum absolute atomic E-state index is 12.1. The van der Waals surface area contributed by atoms with E-state index < -0.39 is 16.5 Å². The normalized spacial score (nSPS) is 10.2. The molecular formula is C16H11Cl2N7O3. The lowest BCUT2D eigenvalue weighted by Crippen LogP contribution is -2.30. The van der Waals surface area contributed by atoms with Crippen molar-refractivity contribution in [2.45, 2.75) is 0 Å². The molecule has 3 N–H and O–H groups in total. The van der Waals surface area contributed by atoms with E-state index in [1.807, 2.05) is 0 Å². The topological polar surface area (TPSA) is 135 Å². The lowest BCUT2D eigenvalue weighted by Gasteiger charge is -2.11. The fourth-order valence-corrected chi connectivity index (χ4v) is 2.59. The zero-order chi connectivity index (χ0) is 20.1. The molecule has 0 aliphatic carbocycles. The summed E-state index contributed by atoms with van der Waals surface area (Å²) < 4.78 is 0. The number of hydrogen-bond acceptors (Lipinski definition) is 8. The van der Waals surface area contributed by atoms with Crippen LogP contribution in [-0.2, 0) is 0 Å². The fraction of sp³-hybridized carbons (Fsp3) is 0. The monoisotopic (exact) mass is 419 g/mol. The van der Waals surface area contributed by atoms with E-state index in [9.17, 15) is 14.9 Å². The van der Waals surface area contributed by atoms with Gasteiger partial charge >= 0.3 is 5.69 Å². The van der Waals surface area contributed by atoms with E-state index in [-0.39, 0.29) is 22.2 Å². The molecule has 2 aromatic heterocycles. The zero-order valence-corrected chi connectivity index (χ0v) is 15.4. The minimum Gasteiger partial charge on any atom is -0.333 e. The second kappa shape index (κ2) is 8.46. The second-order valence-corrected chi connectivity index (χ2v) is 6.09. The molecule has 0 saturated heterocycles. The van der Waals surface area contributed by atoms with Gasteiger partial charge in [-0.1, -0.05) is 23.2 Å². The van der Waals surface area contributed by atoms with Crippen molar-refractivity contribution in [1.82, 2.24) is 20.4 Å². The van der Waals surface area contributed by atoms with Gasteiger partial charge in [0.25, 0.3) is 5.91 Å². The van der Waals surface area contributed by atoms with E-state index in [0.29, 0.717) is 10.7 Å². The Morgan fingerprint density at radius 1 is 1.14 bits per heavy atom. The standard InChI is InChI=1S/C16H11Cl2N7O3/c17-10-3-4-12(11(18)6-10)22-14-13(25(27)28)15(21-8-20-14)23-24-16(26)9-2-1-5-19-7-9/h1-8H,(H,24,26)(H2,20,21,22,23). The Morgan fingerprint density at radius 3 is 2.61 bits per heavy atom. The zero-order valence-electron chi connectivity index (χ0n) is 13.9.